The van der Waals surface area contributed by atoms with Crippen LogP contribution in [0.4, 0.5) is 0 Å². The molecular formula is C14H21NO3S. The summed E-state index contributed by atoms with van der Waals surface area (Å²) in [5, 5.41) is 15.5. The lowest BCUT2D eigenvalue weighted by Crippen LogP contribution is -2.27. The summed E-state index contributed by atoms with van der Waals surface area (Å²) in [6.07, 6.45) is 3.12. The molecule has 106 valence electrons. The molecule has 1 rings (SSSR count). The third kappa shape index (κ3) is 6.96. The monoisotopic (exact) mass is 283 g/mol. The first-order chi connectivity index (χ1) is 9.11. The Morgan fingerprint density at radius 3 is 2.79 bits per heavy atom. The lowest BCUT2D eigenvalue weighted by Gasteiger charge is -2.13. The highest BCUT2D eigenvalue weighted by molar-refractivity contribution is 7.07. The van der Waals surface area contributed by atoms with Gasteiger partial charge in [-0.25, -0.2) is 0 Å². The summed E-state index contributed by atoms with van der Waals surface area (Å²) in [7, 11) is 0. The topological polar surface area (TPSA) is 66.4 Å². The summed E-state index contributed by atoms with van der Waals surface area (Å²) in [6.45, 7) is 2.68. The molecule has 0 fully saturated rings. The lowest BCUT2D eigenvalue weighted by atomic mass is 9.96. The van der Waals surface area contributed by atoms with E-state index in [1.807, 2.05) is 16.8 Å². The van der Waals surface area contributed by atoms with Crippen molar-refractivity contribution in [2.75, 3.05) is 6.54 Å². The number of thiophene rings is 1. The Bertz CT molecular complexity index is 389. The predicted octanol–water partition coefficient (Wildman–Crippen LogP) is 2.69. The standard InChI is InChI=1S/C14H21NO3S/c1-2-11(3-4-14(17)18)5-7-15-13(16)9-12-6-8-19-10-12/h6,8,10-11H,2-5,7,9H2,1H3,(H,15,16)(H,17,18). The smallest absolute Gasteiger partial charge is 0.303 e. The maximum absolute atomic E-state index is 11.6. The van der Waals surface area contributed by atoms with Gasteiger partial charge >= 0.3 is 5.97 Å². The number of aliphatic carboxylic acids is 1. The minimum Gasteiger partial charge on any atom is -0.481 e. The Hall–Kier alpha value is -1.36. The van der Waals surface area contributed by atoms with Gasteiger partial charge in [0, 0.05) is 13.0 Å². The SMILES string of the molecule is CCC(CCNC(=O)Cc1ccsc1)CCC(=O)O. The minimum absolute atomic E-state index is 0.0338. The molecule has 0 radical (unpaired) electrons. The molecule has 0 spiro atoms. The first-order valence-electron chi connectivity index (χ1n) is 6.61. The molecule has 1 unspecified atom stereocenters. The fourth-order valence-corrected chi connectivity index (χ4v) is 2.61. The molecule has 2 N–H and O–H groups in total. The van der Waals surface area contributed by atoms with E-state index in [4.69, 9.17) is 5.11 Å². The van der Waals surface area contributed by atoms with Crippen LogP contribution in [0.5, 0.6) is 0 Å². The number of rotatable bonds is 9. The molecule has 0 saturated heterocycles. The summed E-state index contributed by atoms with van der Waals surface area (Å²) in [5.41, 5.74) is 1.04. The molecule has 0 aliphatic rings. The Morgan fingerprint density at radius 2 is 2.21 bits per heavy atom. The zero-order valence-corrected chi connectivity index (χ0v) is 12.0. The highest BCUT2D eigenvalue weighted by atomic mass is 32.1. The van der Waals surface area contributed by atoms with Gasteiger partial charge in [-0.2, -0.15) is 11.3 Å². The van der Waals surface area contributed by atoms with Crippen LogP contribution in [0.3, 0.4) is 0 Å². The molecule has 19 heavy (non-hydrogen) atoms. The molecule has 0 saturated carbocycles. The van der Waals surface area contributed by atoms with Crippen LogP contribution in [0.15, 0.2) is 16.8 Å². The number of hydrogen-bond donors (Lipinski definition) is 2. The third-order valence-electron chi connectivity index (χ3n) is 3.16. The second kappa shape index (κ2) is 8.69. The van der Waals surface area contributed by atoms with Crippen molar-refractivity contribution >= 4 is 23.2 Å². The van der Waals surface area contributed by atoms with Crippen molar-refractivity contribution in [2.24, 2.45) is 5.92 Å². The number of nitrogens with one attached hydrogen (secondary N) is 1. The lowest BCUT2D eigenvalue weighted by molar-refractivity contribution is -0.137. The molecule has 1 heterocycles. The first kappa shape index (κ1) is 15.7. The van der Waals surface area contributed by atoms with Crippen LogP contribution in [0, 0.1) is 5.92 Å². The van der Waals surface area contributed by atoms with Crippen LogP contribution < -0.4 is 5.32 Å². The summed E-state index contributed by atoms with van der Waals surface area (Å²) >= 11 is 1.59. The van der Waals surface area contributed by atoms with Crippen molar-refractivity contribution in [1.82, 2.24) is 5.32 Å². The van der Waals surface area contributed by atoms with Crippen molar-refractivity contribution in [3.8, 4) is 0 Å². The van der Waals surface area contributed by atoms with Crippen molar-refractivity contribution in [3.63, 3.8) is 0 Å². The van der Waals surface area contributed by atoms with Gasteiger partial charge < -0.3 is 10.4 Å². The van der Waals surface area contributed by atoms with E-state index < -0.39 is 5.97 Å². The molecule has 0 aliphatic carbocycles. The van der Waals surface area contributed by atoms with Crippen LogP contribution in [0.1, 0.15) is 38.2 Å². The van der Waals surface area contributed by atoms with E-state index in [1.54, 1.807) is 11.3 Å². The van der Waals surface area contributed by atoms with Crippen molar-refractivity contribution in [3.05, 3.63) is 22.4 Å². The van der Waals surface area contributed by atoms with E-state index in [9.17, 15) is 9.59 Å². The normalized spacial score (nSPS) is 12.1. The number of amides is 1. The first-order valence-corrected chi connectivity index (χ1v) is 7.55. The number of carboxylic acids is 1. The predicted molar refractivity (Wildman–Crippen MR) is 76.3 cm³/mol. The minimum atomic E-state index is -0.750. The van der Waals surface area contributed by atoms with Gasteiger partial charge in [-0.1, -0.05) is 13.3 Å². The van der Waals surface area contributed by atoms with Crippen molar-refractivity contribution in [1.29, 1.82) is 0 Å². The van der Waals surface area contributed by atoms with E-state index in [2.05, 4.69) is 12.2 Å². The fourth-order valence-electron chi connectivity index (χ4n) is 1.94. The second-order valence-corrected chi connectivity index (χ2v) is 5.43. The number of carbonyl (C=O) groups excluding carboxylic acids is 1. The summed E-state index contributed by atoms with van der Waals surface area (Å²) in [5.74, 6) is -0.344. The quantitative estimate of drug-likeness (QED) is 0.732. The molecule has 5 heteroatoms. The maximum atomic E-state index is 11.6. The van der Waals surface area contributed by atoms with Crippen molar-refractivity contribution < 1.29 is 14.7 Å². The number of hydrogen-bond acceptors (Lipinski definition) is 3. The van der Waals surface area contributed by atoms with Gasteiger partial charge in [-0.3, -0.25) is 9.59 Å². The van der Waals surface area contributed by atoms with Gasteiger partial charge in [-0.05, 0) is 41.1 Å². The molecule has 1 amide bonds. The average molecular weight is 283 g/mol. The van der Waals surface area contributed by atoms with E-state index in [-0.39, 0.29) is 12.3 Å². The molecule has 4 nitrogen and oxygen atoms in total. The van der Waals surface area contributed by atoms with Crippen LogP contribution in [-0.2, 0) is 16.0 Å². The van der Waals surface area contributed by atoms with E-state index >= 15 is 0 Å². The highest BCUT2D eigenvalue weighted by Crippen LogP contribution is 2.14. The fraction of sp³-hybridized carbons (Fsp3) is 0.571. The largest absolute Gasteiger partial charge is 0.481 e. The molecule has 0 aliphatic heterocycles. The third-order valence-corrected chi connectivity index (χ3v) is 3.90. The van der Waals surface area contributed by atoms with Gasteiger partial charge in [0.1, 0.15) is 0 Å². The number of carboxylic acid groups (broad SMARTS) is 1. The summed E-state index contributed by atoms with van der Waals surface area (Å²) in [4.78, 5) is 22.2. The average Bonchev–Trinajstić information content (AvgIpc) is 2.86. The Kier molecular flexibility index (Phi) is 7.18. The van der Waals surface area contributed by atoms with Crippen molar-refractivity contribution in [2.45, 2.75) is 39.0 Å². The van der Waals surface area contributed by atoms with Gasteiger partial charge in [-0.15, -0.1) is 0 Å². The molecular weight excluding hydrogens is 262 g/mol. The Morgan fingerprint density at radius 1 is 1.42 bits per heavy atom. The van der Waals surface area contributed by atoms with Gasteiger partial charge in [0.25, 0.3) is 0 Å². The van der Waals surface area contributed by atoms with Gasteiger partial charge in [0.05, 0.1) is 6.42 Å². The maximum Gasteiger partial charge on any atom is 0.303 e. The van der Waals surface area contributed by atoms with Crippen LogP contribution >= 0.6 is 11.3 Å². The van der Waals surface area contributed by atoms with Crippen LogP contribution in [0.2, 0.25) is 0 Å². The molecule has 0 aromatic carbocycles. The molecule has 1 aromatic heterocycles. The zero-order valence-electron chi connectivity index (χ0n) is 11.2. The Labute approximate surface area is 117 Å². The summed E-state index contributed by atoms with van der Waals surface area (Å²) < 4.78 is 0. The van der Waals surface area contributed by atoms with Crippen LogP contribution in [-0.4, -0.2) is 23.5 Å². The number of carbonyl (C=O) groups is 2. The summed E-state index contributed by atoms with van der Waals surface area (Å²) in [6, 6.07) is 1.95. The van der Waals surface area contributed by atoms with Gasteiger partial charge in [0.2, 0.25) is 5.91 Å². The Balaban J connectivity index is 2.17. The van der Waals surface area contributed by atoms with E-state index in [1.165, 1.54) is 0 Å². The van der Waals surface area contributed by atoms with E-state index in [0.717, 1.165) is 18.4 Å². The molecule has 0 bridgehead atoms. The highest BCUT2D eigenvalue weighted by Gasteiger charge is 2.10. The molecule has 1 aromatic rings. The van der Waals surface area contributed by atoms with E-state index in [0.29, 0.717) is 25.3 Å². The van der Waals surface area contributed by atoms with Gasteiger partial charge in [0.15, 0.2) is 0 Å². The zero-order chi connectivity index (χ0) is 14.1. The second-order valence-electron chi connectivity index (χ2n) is 4.65. The molecule has 1 atom stereocenters. The van der Waals surface area contributed by atoms with Crippen LogP contribution in [0.25, 0.3) is 0 Å².